The number of unbranched alkanes of at least 4 members (excludes halogenated alkanes) is 1. The Labute approximate surface area is 175 Å². The van der Waals surface area contributed by atoms with Crippen LogP contribution in [0.1, 0.15) is 31.7 Å². The molecule has 0 aliphatic carbocycles. The molecular formula is C20H19F4N5O2. The summed E-state index contributed by atoms with van der Waals surface area (Å²) in [7, 11) is 0. The molecular weight excluding hydrogens is 418 g/mol. The van der Waals surface area contributed by atoms with E-state index >= 15 is 0 Å². The molecule has 11 heteroatoms. The number of halogens is 4. The Morgan fingerprint density at radius 2 is 1.90 bits per heavy atom. The van der Waals surface area contributed by atoms with Crippen LogP contribution in [0.4, 0.5) is 23.2 Å². The molecule has 164 valence electrons. The van der Waals surface area contributed by atoms with Gasteiger partial charge in [-0.05, 0) is 52.7 Å². The summed E-state index contributed by atoms with van der Waals surface area (Å²) in [4.78, 5) is 14.2. The Kier molecular flexibility index (Phi) is 6.83. The molecule has 2 aromatic carbocycles. The van der Waals surface area contributed by atoms with Crippen molar-refractivity contribution >= 4 is 11.6 Å². The first-order chi connectivity index (χ1) is 14.7. The van der Waals surface area contributed by atoms with Crippen LogP contribution in [0.3, 0.4) is 0 Å². The molecule has 1 amide bonds. The van der Waals surface area contributed by atoms with Crippen LogP contribution in [0.25, 0.3) is 11.4 Å². The van der Waals surface area contributed by atoms with E-state index < -0.39 is 12.2 Å². The lowest BCUT2D eigenvalue weighted by Crippen LogP contribution is -2.30. The monoisotopic (exact) mass is 437 g/mol. The summed E-state index contributed by atoms with van der Waals surface area (Å²) >= 11 is 0. The number of aromatic nitrogens is 4. The number of amides is 1. The zero-order chi connectivity index (χ0) is 22.4. The first kappa shape index (κ1) is 22.2. The van der Waals surface area contributed by atoms with Gasteiger partial charge in [0.25, 0.3) is 0 Å². The molecule has 0 bridgehead atoms. The Bertz CT molecular complexity index is 1010. The lowest BCUT2D eigenvalue weighted by atomic mass is 10.1. The summed E-state index contributed by atoms with van der Waals surface area (Å²) in [6, 6.07) is 9.16. The first-order valence-electron chi connectivity index (χ1n) is 9.45. The topological polar surface area (TPSA) is 84.0 Å². The van der Waals surface area contributed by atoms with Crippen LogP contribution < -0.4 is 9.64 Å². The average Bonchev–Trinajstić information content (AvgIpc) is 3.25. The summed E-state index contributed by atoms with van der Waals surface area (Å²) < 4.78 is 55.3. The lowest BCUT2D eigenvalue weighted by molar-refractivity contribution is -0.274. The van der Waals surface area contributed by atoms with Crippen molar-refractivity contribution < 1.29 is 27.1 Å². The third kappa shape index (κ3) is 6.24. The molecule has 0 fully saturated rings. The first-order valence-corrected chi connectivity index (χ1v) is 9.45. The van der Waals surface area contributed by atoms with Crippen molar-refractivity contribution in [1.82, 2.24) is 20.6 Å². The third-order valence-electron chi connectivity index (χ3n) is 4.36. The zero-order valence-corrected chi connectivity index (χ0v) is 16.5. The van der Waals surface area contributed by atoms with Gasteiger partial charge in [-0.15, -0.1) is 18.3 Å². The SMILES string of the molecule is CCCCC(=O)N(Cc1ccc(OC(F)(F)F)cc1)c1cc(F)cc(-c2nnn[nH]2)c1. The summed E-state index contributed by atoms with van der Waals surface area (Å²) in [5, 5.41) is 13.2. The second-order valence-corrected chi connectivity index (χ2v) is 6.72. The predicted octanol–water partition coefficient (Wildman–Crippen LogP) is 4.63. The number of carbonyl (C=O) groups excluding carboxylic acids is 1. The molecule has 0 spiro atoms. The van der Waals surface area contributed by atoms with Crippen molar-refractivity contribution in [2.45, 2.75) is 39.1 Å². The number of aromatic amines is 1. The van der Waals surface area contributed by atoms with E-state index in [2.05, 4.69) is 25.4 Å². The van der Waals surface area contributed by atoms with E-state index in [1.54, 1.807) is 6.07 Å². The molecule has 7 nitrogen and oxygen atoms in total. The number of H-pyrrole nitrogens is 1. The highest BCUT2D eigenvalue weighted by Gasteiger charge is 2.31. The number of nitrogens with one attached hydrogen (secondary N) is 1. The van der Waals surface area contributed by atoms with E-state index in [0.29, 0.717) is 17.5 Å². The number of benzene rings is 2. The number of anilines is 1. The average molecular weight is 437 g/mol. The van der Waals surface area contributed by atoms with Gasteiger partial charge < -0.3 is 9.64 Å². The van der Waals surface area contributed by atoms with Gasteiger partial charge in [0.2, 0.25) is 5.91 Å². The Balaban J connectivity index is 1.90. The normalized spacial score (nSPS) is 11.4. The number of tetrazole rings is 1. The molecule has 0 radical (unpaired) electrons. The number of rotatable bonds is 8. The van der Waals surface area contributed by atoms with Crippen LogP contribution in [0, 0.1) is 5.82 Å². The molecule has 0 saturated carbocycles. The van der Waals surface area contributed by atoms with Gasteiger partial charge in [0.05, 0.1) is 6.54 Å². The van der Waals surface area contributed by atoms with E-state index in [-0.39, 0.29) is 36.1 Å². The molecule has 0 saturated heterocycles. The third-order valence-corrected chi connectivity index (χ3v) is 4.36. The molecule has 3 rings (SSSR count). The molecule has 0 atom stereocenters. The van der Waals surface area contributed by atoms with E-state index in [1.165, 1.54) is 29.2 Å². The quantitative estimate of drug-likeness (QED) is 0.520. The number of alkyl halides is 3. The highest BCUT2D eigenvalue weighted by molar-refractivity contribution is 5.93. The van der Waals surface area contributed by atoms with Crippen molar-refractivity contribution in [3.05, 3.63) is 53.8 Å². The van der Waals surface area contributed by atoms with Gasteiger partial charge in [-0.1, -0.05) is 25.5 Å². The highest BCUT2D eigenvalue weighted by atomic mass is 19.4. The Hall–Kier alpha value is -3.50. The minimum absolute atomic E-state index is 0.0341. The van der Waals surface area contributed by atoms with Crippen LogP contribution in [0.2, 0.25) is 0 Å². The fraction of sp³-hybridized carbons (Fsp3) is 0.300. The van der Waals surface area contributed by atoms with Crippen molar-refractivity contribution in [2.75, 3.05) is 4.90 Å². The highest BCUT2D eigenvalue weighted by Crippen LogP contribution is 2.27. The van der Waals surface area contributed by atoms with E-state index in [0.717, 1.165) is 18.6 Å². The van der Waals surface area contributed by atoms with Gasteiger partial charge >= 0.3 is 6.36 Å². The molecule has 1 heterocycles. The van der Waals surface area contributed by atoms with Crippen LogP contribution >= 0.6 is 0 Å². The van der Waals surface area contributed by atoms with Crippen molar-refractivity contribution in [3.8, 4) is 17.1 Å². The number of carbonyl (C=O) groups is 1. The zero-order valence-electron chi connectivity index (χ0n) is 16.5. The van der Waals surface area contributed by atoms with E-state index in [9.17, 15) is 22.4 Å². The molecule has 3 aromatic rings. The Morgan fingerprint density at radius 1 is 1.16 bits per heavy atom. The summed E-state index contributed by atoms with van der Waals surface area (Å²) in [5.41, 5.74) is 1.18. The summed E-state index contributed by atoms with van der Waals surface area (Å²) in [6.07, 6.45) is -3.12. The van der Waals surface area contributed by atoms with Gasteiger partial charge in [-0.25, -0.2) is 9.49 Å². The van der Waals surface area contributed by atoms with Gasteiger partial charge in [0.1, 0.15) is 11.6 Å². The van der Waals surface area contributed by atoms with Crippen molar-refractivity contribution in [2.24, 2.45) is 0 Å². The van der Waals surface area contributed by atoms with Crippen LogP contribution in [0.15, 0.2) is 42.5 Å². The lowest BCUT2D eigenvalue weighted by Gasteiger charge is -2.24. The predicted molar refractivity (Wildman–Crippen MR) is 103 cm³/mol. The fourth-order valence-electron chi connectivity index (χ4n) is 2.91. The summed E-state index contributed by atoms with van der Waals surface area (Å²) in [5.74, 6) is -0.975. The molecule has 0 unspecified atom stereocenters. The minimum Gasteiger partial charge on any atom is -0.406 e. The fourth-order valence-corrected chi connectivity index (χ4v) is 2.91. The van der Waals surface area contributed by atoms with Gasteiger partial charge in [0, 0.05) is 17.7 Å². The maximum atomic E-state index is 14.3. The van der Waals surface area contributed by atoms with Crippen LogP contribution in [-0.4, -0.2) is 32.9 Å². The number of nitrogens with zero attached hydrogens (tertiary/aromatic N) is 4. The molecule has 0 aliphatic rings. The van der Waals surface area contributed by atoms with Crippen LogP contribution in [0.5, 0.6) is 5.75 Å². The van der Waals surface area contributed by atoms with Gasteiger partial charge in [0.15, 0.2) is 5.82 Å². The standard InChI is InChI=1S/C20H19F4N5O2/c1-2-3-4-18(30)29(12-13-5-7-17(8-6-13)31-20(22,23)24)16-10-14(9-15(21)11-16)19-25-27-28-26-19/h5-11H,2-4,12H2,1H3,(H,25,26,27,28). The second-order valence-electron chi connectivity index (χ2n) is 6.72. The van der Waals surface area contributed by atoms with Crippen LogP contribution in [-0.2, 0) is 11.3 Å². The molecule has 0 aliphatic heterocycles. The maximum absolute atomic E-state index is 14.3. The van der Waals surface area contributed by atoms with E-state index in [1.807, 2.05) is 6.92 Å². The van der Waals surface area contributed by atoms with Gasteiger partial charge in [-0.2, -0.15) is 0 Å². The van der Waals surface area contributed by atoms with Crippen molar-refractivity contribution in [1.29, 1.82) is 0 Å². The number of hydrogen-bond donors (Lipinski definition) is 1. The van der Waals surface area contributed by atoms with E-state index in [4.69, 9.17) is 0 Å². The van der Waals surface area contributed by atoms with Crippen molar-refractivity contribution in [3.63, 3.8) is 0 Å². The molecule has 1 aromatic heterocycles. The second kappa shape index (κ2) is 9.54. The summed E-state index contributed by atoms with van der Waals surface area (Å²) in [6.45, 7) is 1.97. The van der Waals surface area contributed by atoms with Gasteiger partial charge in [-0.3, -0.25) is 4.79 Å². The smallest absolute Gasteiger partial charge is 0.406 e. The largest absolute Gasteiger partial charge is 0.573 e. The number of ether oxygens (including phenoxy) is 1. The molecule has 1 N–H and O–H groups in total. The molecule has 31 heavy (non-hydrogen) atoms. The minimum atomic E-state index is -4.79. The Morgan fingerprint density at radius 3 is 2.52 bits per heavy atom. The number of hydrogen-bond acceptors (Lipinski definition) is 5. The maximum Gasteiger partial charge on any atom is 0.573 e.